The first-order chi connectivity index (χ1) is 8.59. The molecule has 1 fully saturated rings. The maximum atomic E-state index is 2.49. The Kier molecular flexibility index (Phi) is 5.91. The van der Waals surface area contributed by atoms with Crippen molar-refractivity contribution in [1.82, 2.24) is 4.90 Å². The molecule has 1 heteroatoms. The molecule has 1 saturated heterocycles. The van der Waals surface area contributed by atoms with Gasteiger partial charge >= 0.3 is 0 Å². The number of likely N-dealkylation sites (tertiary alicyclic amines) is 1. The van der Waals surface area contributed by atoms with Crippen molar-refractivity contribution in [3.05, 3.63) is 11.1 Å². The zero-order valence-electron chi connectivity index (χ0n) is 13.5. The molecule has 2 aliphatic rings. The maximum absolute atomic E-state index is 2.49. The molecule has 0 aromatic heterocycles. The third-order valence-corrected chi connectivity index (χ3v) is 5.21. The van der Waals surface area contributed by atoms with Gasteiger partial charge in [-0.3, -0.25) is 0 Å². The number of hydrogen-bond acceptors (Lipinski definition) is 1. The molecule has 0 N–H and O–H groups in total. The van der Waals surface area contributed by atoms with Crippen molar-refractivity contribution < 1.29 is 0 Å². The normalized spacial score (nSPS) is 28.0. The van der Waals surface area contributed by atoms with Gasteiger partial charge in [-0.25, -0.2) is 0 Å². The zero-order chi connectivity index (χ0) is 13.8. The Balaban J connectivity index is 0.000000771. The highest BCUT2D eigenvalue weighted by Gasteiger charge is 2.40. The van der Waals surface area contributed by atoms with Crippen molar-refractivity contribution in [2.75, 3.05) is 20.1 Å². The molecule has 1 nitrogen and oxygen atoms in total. The van der Waals surface area contributed by atoms with E-state index < -0.39 is 0 Å². The van der Waals surface area contributed by atoms with E-state index in [0.717, 1.165) is 5.92 Å². The molecule has 1 spiro atoms. The Morgan fingerprint density at radius 1 is 1.17 bits per heavy atom. The molecule has 18 heavy (non-hydrogen) atoms. The molecule has 1 aliphatic heterocycles. The van der Waals surface area contributed by atoms with E-state index >= 15 is 0 Å². The summed E-state index contributed by atoms with van der Waals surface area (Å²) >= 11 is 0. The minimum Gasteiger partial charge on any atom is -0.306 e. The lowest BCUT2D eigenvalue weighted by Gasteiger charge is -2.47. The minimum atomic E-state index is 0.595. The van der Waals surface area contributed by atoms with Gasteiger partial charge in [-0.05, 0) is 70.5 Å². The van der Waals surface area contributed by atoms with Crippen LogP contribution in [0.3, 0.4) is 0 Å². The predicted octanol–water partition coefficient (Wildman–Crippen LogP) is 4.88. The standard InChI is InChI=1S/C15H27N.C2H6/c1-5-14-13(3)12(2)6-7-15(14)8-10-16(4)11-9-15;1-2/h12H,5-11H2,1-4H3;1-2H3. The van der Waals surface area contributed by atoms with E-state index in [0.29, 0.717) is 5.41 Å². The SMILES string of the molecule is CC.CCC1=C(C)C(C)CCC12CCN(C)CC2. The van der Waals surface area contributed by atoms with Crippen LogP contribution in [-0.4, -0.2) is 25.0 Å². The molecule has 0 radical (unpaired) electrons. The first-order valence-corrected chi connectivity index (χ1v) is 7.98. The summed E-state index contributed by atoms with van der Waals surface area (Å²) in [5, 5.41) is 0. The smallest absolute Gasteiger partial charge is 0.00134 e. The van der Waals surface area contributed by atoms with Gasteiger partial charge in [0, 0.05) is 0 Å². The van der Waals surface area contributed by atoms with Crippen LogP contribution in [0.5, 0.6) is 0 Å². The Morgan fingerprint density at radius 2 is 1.72 bits per heavy atom. The molecule has 0 saturated carbocycles. The fraction of sp³-hybridized carbons (Fsp3) is 0.882. The summed E-state index contributed by atoms with van der Waals surface area (Å²) < 4.78 is 0. The third kappa shape index (κ3) is 2.99. The van der Waals surface area contributed by atoms with Gasteiger partial charge in [0.15, 0.2) is 0 Å². The quantitative estimate of drug-likeness (QED) is 0.600. The fourth-order valence-electron chi connectivity index (χ4n) is 3.83. The van der Waals surface area contributed by atoms with E-state index in [1.54, 1.807) is 5.57 Å². The van der Waals surface area contributed by atoms with Crippen LogP contribution in [0.1, 0.15) is 66.7 Å². The highest BCUT2D eigenvalue weighted by molar-refractivity contribution is 5.26. The molecule has 1 atom stereocenters. The van der Waals surface area contributed by atoms with Crippen LogP contribution in [0.25, 0.3) is 0 Å². The number of hydrogen-bond donors (Lipinski definition) is 0. The molecule has 1 unspecified atom stereocenters. The Hall–Kier alpha value is -0.300. The Labute approximate surface area is 115 Å². The molecule has 0 aromatic rings. The van der Waals surface area contributed by atoms with Crippen molar-refractivity contribution in [1.29, 1.82) is 0 Å². The van der Waals surface area contributed by atoms with Crippen molar-refractivity contribution >= 4 is 0 Å². The monoisotopic (exact) mass is 251 g/mol. The highest BCUT2D eigenvalue weighted by Crippen LogP contribution is 2.50. The zero-order valence-corrected chi connectivity index (χ0v) is 13.5. The van der Waals surface area contributed by atoms with Crippen LogP contribution in [0, 0.1) is 11.3 Å². The van der Waals surface area contributed by atoms with Crippen LogP contribution < -0.4 is 0 Å². The number of nitrogens with zero attached hydrogens (tertiary/aromatic N) is 1. The minimum absolute atomic E-state index is 0.595. The average Bonchev–Trinajstić information content (AvgIpc) is 2.41. The van der Waals surface area contributed by atoms with Crippen LogP contribution in [0.2, 0.25) is 0 Å². The predicted molar refractivity (Wildman–Crippen MR) is 81.9 cm³/mol. The van der Waals surface area contributed by atoms with Gasteiger partial charge in [0.25, 0.3) is 0 Å². The van der Waals surface area contributed by atoms with Gasteiger partial charge in [-0.2, -0.15) is 0 Å². The lowest BCUT2D eigenvalue weighted by molar-refractivity contribution is 0.126. The molecule has 1 aliphatic carbocycles. The summed E-state index contributed by atoms with van der Waals surface area (Å²) in [6.07, 6.45) is 6.94. The second-order valence-electron chi connectivity index (χ2n) is 6.04. The van der Waals surface area contributed by atoms with E-state index in [-0.39, 0.29) is 0 Å². The van der Waals surface area contributed by atoms with Crippen molar-refractivity contribution in [2.24, 2.45) is 11.3 Å². The number of rotatable bonds is 1. The van der Waals surface area contributed by atoms with Gasteiger partial charge in [-0.1, -0.05) is 38.8 Å². The first kappa shape index (κ1) is 15.8. The summed E-state index contributed by atoms with van der Waals surface area (Å²) in [5.74, 6) is 0.834. The highest BCUT2D eigenvalue weighted by atomic mass is 15.1. The topological polar surface area (TPSA) is 3.24 Å². The third-order valence-electron chi connectivity index (χ3n) is 5.21. The maximum Gasteiger partial charge on any atom is -0.00134 e. The van der Waals surface area contributed by atoms with Crippen LogP contribution in [-0.2, 0) is 0 Å². The van der Waals surface area contributed by atoms with Gasteiger partial charge < -0.3 is 4.90 Å². The summed E-state index contributed by atoms with van der Waals surface area (Å²) in [6, 6.07) is 0. The Bertz CT molecular complexity index is 282. The molecule has 106 valence electrons. The summed E-state index contributed by atoms with van der Waals surface area (Å²) in [7, 11) is 2.26. The van der Waals surface area contributed by atoms with Crippen LogP contribution >= 0.6 is 0 Å². The van der Waals surface area contributed by atoms with Crippen molar-refractivity contribution in [3.63, 3.8) is 0 Å². The van der Waals surface area contributed by atoms with E-state index in [4.69, 9.17) is 0 Å². The lowest BCUT2D eigenvalue weighted by Crippen LogP contribution is -2.41. The second-order valence-corrected chi connectivity index (χ2v) is 6.04. The van der Waals surface area contributed by atoms with Crippen molar-refractivity contribution in [2.45, 2.75) is 66.7 Å². The van der Waals surface area contributed by atoms with E-state index in [1.807, 2.05) is 19.4 Å². The Morgan fingerprint density at radius 3 is 2.22 bits per heavy atom. The summed E-state index contributed by atoms with van der Waals surface area (Å²) in [5.41, 5.74) is 4.13. The molecule has 0 bridgehead atoms. The van der Waals surface area contributed by atoms with Gasteiger partial charge in [0.2, 0.25) is 0 Å². The lowest BCUT2D eigenvalue weighted by atomic mass is 9.62. The molecule has 1 heterocycles. The summed E-state index contributed by atoms with van der Waals surface area (Å²) in [4.78, 5) is 2.49. The van der Waals surface area contributed by atoms with E-state index in [2.05, 4.69) is 32.7 Å². The molecular formula is C17H33N. The molecule has 0 aromatic carbocycles. The average molecular weight is 251 g/mol. The van der Waals surface area contributed by atoms with Crippen molar-refractivity contribution in [3.8, 4) is 0 Å². The van der Waals surface area contributed by atoms with E-state index in [1.165, 1.54) is 45.2 Å². The molecule has 2 rings (SSSR count). The second kappa shape index (κ2) is 6.75. The molecular weight excluding hydrogens is 218 g/mol. The molecule has 0 amide bonds. The van der Waals surface area contributed by atoms with Gasteiger partial charge in [-0.15, -0.1) is 0 Å². The van der Waals surface area contributed by atoms with Crippen LogP contribution in [0.15, 0.2) is 11.1 Å². The van der Waals surface area contributed by atoms with Crippen LogP contribution in [0.4, 0.5) is 0 Å². The largest absolute Gasteiger partial charge is 0.306 e. The number of piperidine rings is 1. The number of allylic oxidation sites excluding steroid dienone is 2. The summed E-state index contributed by atoms with van der Waals surface area (Å²) in [6.45, 7) is 13.8. The fourth-order valence-corrected chi connectivity index (χ4v) is 3.83. The van der Waals surface area contributed by atoms with Gasteiger partial charge in [0.1, 0.15) is 0 Å². The van der Waals surface area contributed by atoms with Gasteiger partial charge in [0.05, 0.1) is 0 Å². The first-order valence-electron chi connectivity index (χ1n) is 7.98. The van der Waals surface area contributed by atoms with E-state index in [9.17, 15) is 0 Å².